The number of aliphatic hydroxyl groups is 1. The summed E-state index contributed by atoms with van der Waals surface area (Å²) in [6.07, 6.45) is 3.53. The summed E-state index contributed by atoms with van der Waals surface area (Å²) in [5.41, 5.74) is 2.01. The summed E-state index contributed by atoms with van der Waals surface area (Å²) in [7, 11) is 0. The maximum atomic E-state index is 13.8. The zero-order valence-corrected chi connectivity index (χ0v) is 20.0. The van der Waals surface area contributed by atoms with Crippen LogP contribution in [0.15, 0.2) is 42.5 Å². The third kappa shape index (κ3) is 5.47. The summed E-state index contributed by atoms with van der Waals surface area (Å²) in [4.78, 5) is 25.0. The summed E-state index contributed by atoms with van der Waals surface area (Å²) in [5, 5.41) is 18.6. The Bertz CT molecular complexity index is 1110. The summed E-state index contributed by atoms with van der Waals surface area (Å²) in [6.45, 7) is -0.144. The first-order valence-electron chi connectivity index (χ1n) is 12.6. The molecule has 9 heteroatoms. The van der Waals surface area contributed by atoms with E-state index in [0.717, 1.165) is 31.2 Å². The molecule has 1 saturated heterocycles. The number of fused-ring (bicyclic) bond motifs is 3. The number of carbonyl (C=O) groups excluding carboxylic acids is 2. The molecule has 4 N–H and O–H groups in total. The van der Waals surface area contributed by atoms with Gasteiger partial charge >= 0.3 is 6.03 Å². The van der Waals surface area contributed by atoms with Crippen molar-refractivity contribution >= 4 is 17.6 Å². The van der Waals surface area contributed by atoms with Crippen molar-refractivity contribution in [2.24, 2.45) is 0 Å². The van der Waals surface area contributed by atoms with Gasteiger partial charge in [0.1, 0.15) is 23.8 Å². The van der Waals surface area contributed by atoms with Crippen LogP contribution in [0.2, 0.25) is 0 Å². The van der Waals surface area contributed by atoms with Crippen molar-refractivity contribution in [1.29, 1.82) is 0 Å². The molecule has 2 aromatic carbocycles. The van der Waals surface area contributed by atoms with E-state index in [9.17, 15) is 19.1 Å². The molecule has 0 bridgehead atoms. The van der Waals surface area contributed by atoms with Gasteiger partial charge in [0.2, 0.25) is 5.91 Å². The van der Waals surface area contributed by atoms with E-state index in [0.29, 0.717) is 23.4 Å². The van der Waals surface area contributed by atoms with E-state index in [4.69, 9.17) is 9.47 Å². The van der Waals surface area contributed by atoms with Gasteiger partial charge in [0, 0.05) is 35.3 Å². The van der Waals surface area contributed by atoms with E-state index < -0.39 is 12.2 Å². The Morgan fingerprint density at radius 3 is 2.69 bits per heavy atom. The van der Waals surface area contributed by atoms with Gasteiger partial charge in [-0.3, -0.25) is 4.79 Å². The molecule has 0 radical (unpaired) electrons. The molecule has 3 amide bonds. The fraction of sp³-hybridized carbons (Fsp3) is 0.481. The van der Waals surface area contributed by atoms with E-state index in [1.165, 1.54) is 6.07 Å². The minimum Gasteiger partial charge on any atom is -0.487 e. The van der Waals surface area contributed by atoms with Crippen LogP contribution >= 0.6 is 0 Å². The Labute approximate surface area is 209 Å². The van der Waals surface area contributed by atoms with Crippen LogP contribution < -0.4 is 20.7 Å². The molecule has 192 valence electrons. The summed E-state index contributed by atoms with van der Waals surface area (Å²) in [5.74, 6) is -0.0131. The Morgan fingerprint density at radius 1 is 1.11 bits per heavy atom. The van der Waals surface area contributed by atoms with Gasteiger partial charge in [-0.05, 0) is 43.5 Å². The average Bonchev–Trinajstić information content (AvgIpc) is 3.50. The Balaban J connectivity index is 1.22. The molecule has 4 atom stereocenters. The van der Waals surface area contributed by atoms with Gasteiger partial charge in [-0.25, -0.2) is 9.18 Å². The SMILES string of the molecule is O=C(C[C@@H]1C[C@H]2c3cc(NC(=O)NC4CCCC4)ccc3O[C@H]2[C@@H](CO)O1)NCc1ccccc1F. The number of halogens is 1. The van der Waals surface area contributed by atoms with Crippen LogP contribution in [0.1, 0.15) is 55.6 Å². The van der Waals surface area contributed by atoms with Gasteiger partial charge in [-0.2, -0.15) is 0 Å². The van der Waals surface area contributed by atoms with Gasteiger partial charge in [-0.1, -0.05) is 31.0 Å². The lowest BCUT2D eigenvalue weighted by Crippen LogP contribution is -2.47. The van der Waals surface area contributed by atoms with Crippen LogP contribution in [0.5, 0.6) is 5.75 Å². The zero-order chi connectivity index (χ0) is 25.1. The summed E-state index contributed by atoms with van der Waals surface area (Å²) >= 11 is 0. The predicted octanol–water partition coefficient (Wildman–Crippen LogP) is 3.59. The van der Waals surface area contributed by atoms with E-state index in [1.54, 1.807) is 24.3 Å². The van der Waals surface area contributed by atoms with Crippen molar-refractivity contribution in [1.82, 2.24) is 10.6 Å². The topological polar surface area (TPSA) is 109 Å². The van der Waals surface area contributed by atoms with E-state index >= 15 is 0 Å². The molecule has 2 heterocycles. The second kappa shape index (κ2) is 10.8. The normalized spacial score (nSPS) is 24.9. The van der Waals surface area contributed by atoms with Crippen LogP contribution in [-0.2, 0) is 16.1 Å². The third-order valence-corrected chi connectivity index (χ3v) is 7.29. The number of carbonyl (C=O) groups is 2. The van der Waals surface area contributed by atoms with Gasteiger partial charge in [0.25, 0.3) is 0 Å². The fourth-order valence-electron chi connectivity index (χ4n) is 5.50. The summed E-state index contributed by atoms with van der Waals surface area (Å²) < 4.78 is 26.0. The second-order valence-electron chi connectivity index (χ2n) is 9.81. The smallest absolute Gasteiger partial charge is 0.319 e. The van der Waals surface area contributed by atoms with Crippen LogP contribution in [0.4, 0.5) is 14.9 Å². The number of rotatable bonds is 7. The highest BCUT2D eigenvalue weighted by molar-refractivity contribution is 5.89. The van der Waals surface area contributed by atoms with Crippen LogP contribution in [0.3, 0.4) is 0 Å². The standard InChI is InChI=1S/C27H32FN3O5/c28-22-8-4-1-5-16(22)14-29-25(33)13-19-12-21-20-11-18(31-27(34)30-17-6-2-3-7-17)9-10-23(20)36-26(21)24(15-32)35-19/h1,4-5,8-11,17,19,21,24,26,32H,2-3,6-7,12-15H2,(H,29,33)(H2,30,31,34)/t19-,21-,24+,26+/m0/s1. The number of ether oxygens (including phenoxy) is 2. The lowest BCUT2D eigenvalue weighted by molar-refractivity contribution is -0.142. The van der Waals surface area contributed by atoms with Gasteiger partial charge in [-0.15, -0.1) is 0 Å². The lowest BCUT2D eigenvalue weighted by atomic mass is 9.84. The molecule has 1 aliphatic carbocycles. The first-order valence-corrected chi connectivity index (χ1v) is 12.6. The number of nitrogens with one attached hydrogen (secondary N) is 3. The second-order valence-corrected chi connectivity index (χ2v) is 9.81. The molecule has 0 aromatic heterocycles. The molecule has 5 rings (SSSR count). The molecular weight excluding hydrogens is 465 g/mol. The highest BCUT2D eigenvalue weighted by Gasteiger charge is 2.46. The van der Waals surface area contributed by atoms with Crippen molar-refractivity contribution in [2.75, 3.05) is 11.9 Å². The number of hydrogen-bond acceptors (Lipinski definition) is 5. The van der Waals surface area contributed by atoms with Crippen LogP contribution in [0, 0.1) is 5.82 Å². The van der Waals surface area contributed by atoms with Crippen molar-refractivity contribution in [3.63, 3.8) is 0 Å². The van der Waals surface area contributed by atoms with Crippen molar-refractivity contribution in [3.8, 4) is 5.75 Å². The number of benzene rings is 2. The molecule has 0 spiro atoms. The molecule has 2 aromatic rings. The number of urea groups is 1. The minimum atomic E-state index is -0.581. The number of amides is 3. The molecular formula is C27H32FN3O5. The lowest BCUT2D eigenvalue weighted by Gasteiger charge is -2.37. The molecule has 3 aliphatic rings. The maximum Gasteiger partial charge on any atom is 0.319 e. The van der Waals surface area contributed by atoms with Gasteiger partial charge < -0.3 is 30.5 Å². The molecule has 2 aliphatic heterocycles. The molecule has 0 unspecified atom stereocenters. The fourth-order valence-corrected chi connectivity index (χ4v) is 5.50. The largest absolute Gasteiger partial charge is 0.487 e. The van der Waals surface area contributed by atoms with Crippen molar-refractivity contribution < 1.29 is 28.6 Å². The van der Waals surface area contributed by atoms with E-state index in [2.05, 4.69) is 16.0 Å². The van der Waals surface area contributed by atoms with Crippen molar-refractivity contribution in [2.45, 2.75) is 75.3 Å². The average molecular weight is 498 g/mol. The molecule has 36 heavy (non-hydrogen) atoms. The number of hydrogen-bond donors (Lipinski definition) is 4. The molecule has 1 saturated carbocycles. The van der Waals surface area contributed by atoms with Gasteiger partial charge in [0.15, 0.2) is 0 Å². The minimum absolute atomic E-state index is 0.0880. The highest BCUT2D eigenvalue weighted by atomic mass is 19.1. The summed E-state index contributed by atoms with van der Waals surface area (Å²) in [6, 6.07) is 11.8. The van der Waals surface area contributed by atoms with E-state index in [1.807, 2.05) is 12.1 Å². The molecule has 2 fully saturated rings. The van der Waals surface area contributed by atoms with E-state index in [-0.39, 0.29) is 55.4 Å². The number of aliphatic hydroxyl groups excluding tert-OH is 1. The first kappa shape index (κ1) is 24.5. The zero-order valence-electron chi connectivity index (χ0n) is 20.0. The maximum absolute atomic E-state index is 13.8. The first-order chi connectivity index (χ1) is 17.5. The Kier molecular flexibility index (Phi) is 7.38. The highest BCUT2D eigenvalue weighted by Crippen LogP contribution is 2.47. The monoisotopic (exact) mass is 497 g/mol. The van der Waals surface area contributed by atoms with Crippen LogP contribution in [0.25, 0.3) is 0 Å². The van der Waals surface area contributed by atoms with Crippen molar-refractivity contribution in [3.05, 3.63) is 59.4 Å². The molecule has 8 nitrogen and oxygen atoms in total. The third-order valence-electron chi connectivity index (χ3n) is 7.29. The predicted molar refractivity (Wildman–Crippen MR) is 131 cm³/mol. The quantitative estimate of drug-likeness (QED) is 0.468. The Morgan fingerprint density at radius 2 is 1.92 bits per heavy atom. The number of anilines is 1. The van der Waals surface area contributed by atoms with Gasteiger partial charge in [0.05, 0.1) is 19.1 Å². The van der Waals surface area contributed by atoms with Crippen LogP contribution in [-0.4, -0.2) is 48.0 Å². The Hall–Kier alpha value is -3.17.